The number of thiazole rings is 1. The molecule has 0 atom stereocenters. The smallest absolute Gasteiger partial charge is 0.286 e. The van der Waals surface area contributed by atoms with Crippen LogP contribution in [-0.4, -0.2) is 30.0 Å². The van der Waals surface area contributed by atoms with Gasteiger partial charge in [-0.1, -0.05) is 17.4 Å². The first-order valence-electron chi connectivity index (χ1n) is 7.21. The third-order valence-corrected chi connectivity index (χ3v) is 4.47. The maximum atomic E-state index is 13.7. The molecule has 0 bridgehead atoms. The third kappa shape index (κ3) is 3.14. The van der Waals surface area contributed by atoms with Crippen LogP contribution >= 0.6 is 11.3 Å². The van der Waals surface area contributed by atoms with Crippen LogP contribution in [0.5, 0.6) is 11.5 Å². The minimum atomic E-state index is -0.767. The summed E-state index contributed by atoms with van der Waals surface area (Å²) >= 11 is 1.06. The molecule has 0 spiro atoms. The van der Waals surface area contributed by atoms with Crippen LogP contribution in [0.1, 0.15) is 10.4 Å². The lowest BCUT2D eigenvalue weighted by Crippen LogP contribution is -2.14. The van der Waals surface area contributed by atoms with E-state index in [-0.39, 0.29) is 27.7 Å². The number of aromatic nitrogens is 1. The quantitative estimate of drug-likeness (QED) is 0.538. The van der Waals surface area contributed by atoms with E-state index in [0.717, 1.165) is 17.4 Å². The maximum absolute atomic E-state index is 13.7. The minimum absolute atomic E-state index is 0.120. The maximum Gasteiger partial charge on any atom is 0.286 e. The summed E-state index contributed by atoms with van der Waals surface area (Å²) in [5, 5.41) is 13.9. The van der Waals surface area contributed by atoms with Crippen LogP contribution < -0.4 is 14.8 Å². The van der Waals surface area contributed by atoms with Gasteiger partial charge >= 0.3 is 0 Å². The van der Waals surface area contributed by atoms with Gasteiger partial charge in [-0.15, -0.1) is 0 Å². The Hall–Kier alpha value is -3.27. The van der Waals surface area contributed by atoms with Crippen LogP contribution in [0.3, 0.4) is 0 Å². The molecule has 8 nitrogen and oxygen atoms in total. The number of nitro groups is 1. The molecule has 0 radical (unpaired) electrons. The third-order valence-electron chi connectivity index (χ3n) is 3.53. The second kappa shape index (κ2) is 6.92. The molecule has 2 aromatic carbocycles. The van der Waals surface area contributed by atoms with Crippen LogP contribution in [0.15, 0.2) is 30.3 Å². The first kappa shape index (κ1) is 17.5. The van der Waals surface area contributed by atoms with Gasteiger partial charge in [0.1, 0.15) is 16.9 Å². The van der Waals surface area contributed by atoms with Crippen molar-refractivity contribution in [1.82, 2.24) is 4.98 Å². The molecule has 0 unspecified atom stereocenters. The average Bonchev–Trinajstić information content (AvgIpc) is 3.04. The number of anilines is 1. The molecule has 10 heteroatoms. The highest BCUT2D eigenvalue weighted by Crippen LogP contribution is 2.35. The van der Waals surface area contributed by atoms with E-state index in [1.165, 1.54) is 32.4 Å². The molecule has 0 saturated carbocycles. The minimum Gasteiger partial charge on any atom is -0.493 e. The van der Waals surface area contributed by atoms with E-state index in [1.807, 2.05) is 0 Å². The highest BCUT2D eigenvalue weighted by Gasteiger charge is 2.25. The fraction of sp³-hybridized carbons (Fsp3) is 0.125. The number of fused-ring (bicyclic) bond motifs is 1. The molecule has 0 fully saturated rings. The summed E-state index contributed by atoms with van der Waals surface area (Å²) in [5.74, 6) is -0.995. The predicted octanol–water partition coefficient (Wildman–Crippen LogP) is 3.61. The van der Waals surface area contributed by atoms with E-state index in [0.29, 0.717) is 4.70 Å². The molecule has 1 heterocycles. The lowest BCUT2D eigenvalue weighted by atomic mass is 10.1. The van der Waals surface area contributed by atoms with Gasteiger partial charge in [0.15, 0.2) is 16.6 Å². The topological polar surface area (TPSA) is 104 Å². The Morgan fingerprint density at radius 2 is 1.96 bits per heavy atom. The van der Waals surface area contributed by atoms with Gasteiger partial charge in [0.05, 0.1) is 29.9 Å². The van der Waals surface area contributed by atoms with Crippen molar-refractivity contribution in [2.24, 2.45) is 0 Å². The first-order chi connectivity index (χ1) is 12.4. The molecule has 1 amide bonds. The second-order valence-electron chi connectivity index (χ2n) is 5.04. The van der Waals surface area contributed by atoms with Crippen molar-refractivity contribution < 1.29 is 23.6 Å². The standard InChI is InChI=1S/C16H12FN3O5S/c1-24-11-6-8(10(20(22)23)7-12(11)25-2)15(21)19-16-18-14-9(17)4-3-5-13(14)26-16/h3-7H,1-2H3,(H,18,19,21). The number of carbonyl (C=O) groups is 1. The van der Waals surface area contributed by atoms with Crippen molar-refractivity contribution in [3.05, 3.63) is 51.8 Å². The molecule has 0 aliphatic rings. The number of nitrogens with one attached hydrogen (secondary N) is 1. The molecular formula is C16H12FN3O5S. The number of rotatable bonds is 5. The summed E-state index contributed by atoms with van der Waals surface area (Å²) in [6.07, 6.45) is 0. The molecule has 3 aromatic rings. The van der Waals surface area contributed by atoms with Gasteiger partial charge in [-0.25, -0.2) is 9.37 Å². The van der Waals surface area contributed by atoms with Crippen LogP contribution in [0.2, 0.25) is 0 Å². The largest absolute Gasteiger partial charge is 0.493 e. The van der Waals surface area contributed by atoms with Gasteiger partial charge in [0.25, 0.3) is 11.6 Å². The zero-order valence-electron chi connectivity index (χ0n) is 13.6. The van der Waals surface area contributed by atoms with Crippen molar-refractivity contribution in [2.75, 3.05) is 19.5 Å². The summed E-state index contributed by atoms with van der Waals surface area (Å²) in [4.78, 5) is 27.1. The van der Waals surface area contributed by atoms with E-state index in [1.54, 1.807) is 6.07 Å². The number of para-hydroxylation sites is 1. The Bertz CT molecular complexity index is 1020. The first-order valence-corrected chi connectivity index (χ1v) is 8.03. The highest BCUT2D eigenvalue weighted by molar-refractivity contribution is 7.22. The Kier molecular flexibility index (Phi) is 4.67. The number of amides is 1. The van der Waals surface area contributed by atoms with Crippen molar-refractivity contribution in [1.29, 1.82) is 0 Å². The second-order valence-corrected chi connectivity index (χ2v) is 6.07. The van der Waals surface area contributed by atoms with E-state index >= 15 is 0 Å². The Balaban J connectivity index is 2.00. The van der Waals surface area contributed by atoms with E-state index < -0.39 is 22.3 Å². The molecule has 1 N–H and O–H groups in total. The molecule has 1 aromatic heterocycles. The molecule has 26 heavy (non-hydrogen) atoms. The lowest BCUT2D eigenvalue weighted by Gasteiger charge is -2.10. The van der Waals surface area contributed by atoms with Crippen molar-refractivity contribution >= 4 is 38.3 Å². The van der Waals surface area contributed by atoms with Crippen LogP contribution in [0.4, 0.5) is 15.2 Å². The fourth-order valence-electron chi connectivity index (χ4n) is 2.33. The highest BCUT2D eigenvalue weighted by atomic mass is 32.1. The monoisotopic (exact) mass is 377 g/mol. The number of nitrogens with zero attached hydrogens (tertiary/aromatic N) is 2. The Morgan fingerprint density at radius 1 is 1.27 bits per heavy atom. The molecular weight excluding hydrogens is 365 g/mol. The number of hydrogen-bond donors (Lipinski definition) is 1. The number of nitro benzene ring substituents is 1. The molecule has 0 aliphatic heterocycles. The van der Waals surface area contributed by atoms with Gasteiger partial charge < -0.3 is 9.47 Å². The van der Waals surface area contributed by atoms with Crippen LogP contribution in [0.25, 0.3) is 10.2 Å². The van der Waals surface area contributed by atoms with Crippen molar-refractivity contribution in [2.45, 2.75) is 0 Å². The molecule has 134 valence electrons. The van der Waals surface area contributed by atoms with Gasteiger partial charge in [-0.3, -0.25) is 20.2 Å². The van der Waals surface area contributed by atoms with Gasteiger partial charge in [-0.2, -0.15) is 0 Å². The van der Waals surface area contributed by atoms with Crippen LogP contribution in [-0.2, 0) is 0 Å². The number of ether oxygens (including phenoxy) is 2. The van der Waals surface area contributed by atoms with E-state index in [4.69, 9.17) is 9.47 Å². The number of hydrogen-bond acceptors (Lipinski definition) is 7. The Labute approximate surface area is 150 Å². The number of benzene rings is 2. The van der Waals surface area contributed by atoms with E-state index in [2.05, 4.69) is 10.3 Å². The van der Waals surface area contributed by atoms with Crippen molar-refractivity contribution in [3.8, 4) is 11.5 Å². The Morgan fingerprint density at radius 3 is 2.58 bits per heavy atom. The predicted molar refractivity (Wildman–Crippen MR) is 93.7 cm³/mol. The van der Waals surface area contributed by atoms with Gasteiger partial charge in [0.2, 0.25) is 0 Å². The van der Waals surface area contributed by atoms with Crippen molar-refractivity contribution in [3.63, 3.8) is 0 Å². The normalized spacial score (nSPS) is 10.6. The number of halogens is 1. The molecule has 0 aliphatic carbocycles. The van der Waals surface area contributed by atoms with Crippen LogP contribution in [0, 0.1) is 15.9 Å². The summed E-state index contributed by atoms with van der Waals surface area (Å²) in [6.45, 7) is 0. The summed E-state index contributed by atoms with van der Waals surface area (Å²) in [6, 6.07) is 6.75. The summed E-state index contributed by atoms with van der Waals surface area (Å²) in [5.41, 5.74) is -0.561. The number of carbonyl (C=O) groups excluding carboxylic acids is 1. The zero-order chi connectivity index (χ0) is 18.8. The average molecular weight is 377 g/mol. The summed E-state index contributed by atoms with van der Waals surface area (Å²) in [7, 11) is 2.68. The zero-order valence-corrected chi connectivity index (χ0v) is 14.4. The molecule has 0 saturated heterocycles. The fourth-order valence-corrected chi connectivity index (χ4v) is 3.21. The lowest BCUT2D eigenvalue weighted by molar-refractivity contribution is -0.385. The van der Waals surface area contributed by atoms with Gasteiger partial charge in [0, 0.05) is 6.07 Å². The number of methoxy groups -OCH3 is 2. The molecule has 3 rings (SSSR count). The van der Waals surface area contributed by atoms with Gasteiger partial charge in [-0.05, 0) is 12.1 Å². The SMILES string of the molecule is COc1cc(C(=O)Nc2nc3c(F)cccc3s2)c([N+](=O)[O-])cc1OC. The van der Waals surface area contributed by atoms with E-state index in [9.17, 15) is 19.3 Å². The summed E-state index contributed by atoms with van der Waals surface area (Å²) < 4.78 is 24.4.